The Hall–Kier alpha value is -1.69. The van der Waals surface area contributed by atoms with Crippen LogP contribution in [0.4, 0.5) is 13.6 Å². The highest BCUT2D eigenvalue weighted by atomic mass is 19.2. The van der Waals surface area contributed by atoms with Gasteiger partial charge in [0, 0.05) is 37.3 Å². The van der Waals surface area contributed by atoms with E-state index in [1.165, 1.54) is 25.3 Å². The van der Waals surface area contributed by atoms with Crippen LogP contribution in [0.15, 0.2) is 18.2 Å². The molecule has 138 valence electrons. The van der Waals surface area contributed by atoms with Gasteiger partial charge in [-0.1, -0.05) is 31.4 Å². The lowest BCUT2D eigenvalue weighted by Gasteiger charge is -2.33. The molecule has 4 nitrogen and oxygen atoms in total. The van der Waals surface area contributed by atoms with Crippen molar-refractivity contribution in [2.45, 2.75) is 63.6 Å². The Bertz CT molecular complexity index is 582. The number of halogens is 2. The summed E-state index contributed by atoms with van der Waals surface area (Å²) in [5.74, 6) is -1.55. The molecule has 0 aromatic heterocycles. The van der Waals surface area contributed by atoms with Gasteiger partial charge in [0.1, 0.15) is 0 Å². The van der Waals surface area contributed by atoms with E-state index in [2.05, 4.69) is 15.5 Å². The Labute approximate surface area is 148 Å². The number of likely N-dealkylation sites (tertiary alicyclic amines) is 1. The predicted molar refractivity (Wildman–Crippen MR) is 93.2 cm³/mol. The Balaban J connectivity index is 1.41. The molecule has 1 saturated heterocycles. The highest BCUT2D eigenvalue weighted by molar-refractivity contribution is 5.74. The predicted octanol–water partition coefficient (Wildman–Crippen LogP) is 3.56. The van der Waals surface area contributed by atoms with Crippen LogP contribution in [0, 0.1) is 11.6 Å². The van der Waals surface area contributed by atoms with Gasteiger partial charge in [0.15, 0.2) is 11.6 Å². The van der Waals surface area contributed by atoms with Crippen molar-refractivity contribution in [1.29, 1.82) is 0 Å². The molecule has 1 aromatic rings. The lowest BCUT2D eigenvalue weighted by atomic mass is 9.96. The van der Waals surface area contributed by atoms with Crippen molar-refractivity contribution in [3.63, 3.8) is 0 Å². The van der Waals surface area contributed by atoms with Gasteiger partial charge in [0.05, 0.1) is 0 Å². The summed E-state index contributed by atoms with van der Waals surface area (Å²) in [4.78, 5) is 14.2. The van der Waals surface area contributed by atoms with Gasteiger partial charge < -0.3 is 10.6 Å². The van der Waals surface area contributed by atoms with E-state index >= 15 is 0 Å². The first-order chi connectivity index (χ1) is 12.1. The van der Waals surface area contributed by atoms with E-state index in [9.17, 15) is 13.6 Å². The largest absolute Gasteiger partial charge is 0.335 e. The van der Waals surface area contributed by atoms with Crippen LogP contribution in [0.2, 0.25) is 0 Å². The van der Waals surface area contributed by atoms with E-state index in [-0.39, 0.29) is 12.1 Å². The zero-order chi connectivity index (χ0) is 17.6. The number of carbonyl (C=O) groups excluding carboxylic acids is 1. The lowest BCUT2D eigenvalue weighted by molar-refractivity contribution is 0.183. The molecule has 6 heteroatoms. The third-order valence-electron chi connectivity index (χ3n) is 5.29. The number of benzene rings is 1. The van der Waals surface area contributed by atoms with E-state index in [4.69, 9.17) is 0 Å². The summed E-state index contributed by atoms with van der Waals surface area (Å²) in [6.45, 7) is 1.94. The van der Waals surface area contributed by atoms with E-state index in [1.807, 2.05) is 0 Å². The minimum atomic E-state index is -0.798. The molecule has 0 unspecified atom stereocenters. The maximum Gasteiger partial charge on any atom is 0.315 e. The van der Waals surface area contributed by atoms with Crippen molar-refractivity contribution in [2.24, 2.45) is 0 Å². The molecule has 2 amide bonds. The number of piperidine rings is 1. The van der Waals surface area contributed by atoms with Crippen LogP contribution in [-0.2, 0) is 6.54 Å². The van der Waals surface area contributed by atoms with E-state index in [1.54, 1.807) is 6.07 Å². The fourth-order valence-corrected chi connectivity index (χ4v) is 3.81. The van der Waals surface area contributed by atoms with Crippen LogP contribution in [0.3, 0.4) is 0 Å². The molecule has 0 bridgehead atoms. The molecule has 2 fully saturated rings. The minimum absolute atomic E-state index is 0.0680. The van der Waals surface area contributed by atoms with Crippen molar-refractivity contribution >= 4 is 6.03 Å². The lowest BCUT2D eigenvalue weighted by Crippen LogP contribution is -2.50. The van der Waals surface area contributed by atoms with E-state index in [0.717, 1.165) is 44.8 Å². The first-order valence-electron chi connectivity index (χ1n) is 9.34. The molecular weight excluding hydrogens is 324 g/mol. The third-order valence-corrected chi connectivity index (χ3v) is 5.29. The van der Waals surface area contributed by atoms with Crippen LogP contribution < -0.4 is 10.6 Å². The number of amides is 2. The summed E-state index contributed by atoms with van der Waals surface area (Å²) in [6, 6.07) is 4.70. The smallest absolute Gasteiger partial charge is 0.315 e. The molecule has 1 heterocycles. The number of hydrogen-bond donors (Lipinski definition) is 2. The second-order valence-electron chi connectivity index (χ2n) is 7.22. The number of urea groups is 1. The highest BCUT2D eigenvalue weighted by Gasteiger charge is 2.23. The molecule has 1 aliphatic heterocycles. The number of nitrogens with zero attached hydrogens (tertiary/aromatic N) is 1. The first-order valence-corrected chi connectivity index (χ1v) is 9.34. The quantitative estimate of drug-likeness (QED) is 0.871. The molecule has 1 saturated carbocycles. The summed E-state index contributed by atoms with van der Waals surface area (Å²) in [5, 5.41) is 6.14. The molecule has 1 aliphatic carbocycles. The second kappa shape index (κ2) is 8.61. The number of hydrogen-bond acceptors (Lipinski definition) is 2. The average Bonchev–Trinajstić information content (AvgIpc) is 2.61. The molecule has 0 radical (unpaired) electrons. The summed E-state index contributed by atoms with van der Waals surface area (Å²) >= 11 is 0. The SMILES string of the molecule is O=C(NC1CCCCC1)NC1CCN(Cc2cccc(F)c2F)CC1. The molecule has 0 spiro atoms. The fraction of sp³-hybridized carbons (Fsp3) is 0.632. The maximum absolute atomic E-state index is 13.8. The molecule has 2 N–H and O–H groups in total. The Morgan fingerprint density at radius 2 is 1.64 bits per heavy atom. The van der Waals surface area contributed by atoms with Crippen molar-refractivity contribution in [3.8, 4) is 0 Å². The van der Waals surface area contributed by atoms with Crippen molar-refractivity contribution in [1.82, 2.24) is 15.5 Å². The van der Waals surface area contributed by atoms with Gasteiger partial charge in [-0.15, -0.1) is 0 Å². The molecule has 25 heavy (non-hydrogen) atoms. The summed E-state index contributed by atoms with van der Waals surface area (Å²) in [5.41, 5.74) is 0.390. The van der Waals surface area contributed by atoms with Gasteiger partial charge in [-0.3, -0.25) is 4.90 Å². The number of rotatable bonds is 4. The van der Waals surface area contributed by atoms with Crippen molar-refractivity contribution in [2.75, 3.05) is 13.1 Å². The maximum atomic E-state index is 13.8. The Morgan fingerprint density at radius 3 is 2.32 bits per heavy atom. The van der Waals surface area contributed by atoms with Crippen LogP contribution in [0.25, 0.3) is 0 Å². The van der Waals surface area contributed by atoms with E-state index in [0.29, 0.717) is 18.2 Å². The van der Waals surface area contributed by atoms with Gasteiger partial charge in [0.25, 0.3) is 0 Å². The fourth-order valence-electron chi connectivity index (χ4n) is 3.81. The number of nitrogens with one attached hydrogen (secondary N) is 2. The monoisotopic (exact) mass is 351 g/mol. The van der Waals surface area contributed by atoms with Crippen LogP contribution in [-0.4, -0.2) is 36.1 Å². The second-order valence-corrected chi connectivity index (χ2v) is 7.22. The molecule has 2 aliphatic rings. The zero-order valence-electron chi connectivity index (χ0n) is 14.6. The first kappa shape index (κ1) is 18.1. The molecule has 0 atom stereocenters. The van der Waals surface area contributed by atoms with Crippen LogP contribution >= 0.6 is 0 Å². The van der Waals surface area contributed by atoms with Gasteiger partial charge in [-0.25, -0.2) is 13.6 Å². The Kier molecular flexibility index (Phi) is 6.24. The van der Waals surface area contributed by atoms with Crippen molar-refractivity contribution < 1.29 is 13.6 Å². The minimum Gasteiger partial charge on any atom is -0.335 e. The van der Waals surface area contributed by atoms with Gasteiger partial charge in [-0.05, 0) is 31.7 Å². The molecular formula is C19H27F2N3O. The summed E-state index contributed by atoms with van der Waals surface area (Å²) in [6.07, 6.45) is 7.46. The van der Waals surface area contributed by atoms with Gasteiger partial charge in [0.2, 0.25) is 0 Å². The standard InChI is InChI=1S/C19H27F2N3O/c20-17-8-4-5-14(18(17)21)13-24-11-9-16(10-12-24)23-19(25)22-15-6-2-1-3-7-15/h4-5,8,15-16H,1-3,6-7,9-13H2,(H2,22,23,25). The van der Waals surface area contributed by atoms with Crippen molar-refractivity contribution in [3.05, 3.63) is 35.4 Å². The Morgan fingerprint density at radius 1 is 1.00 bits per heavy atom. The normalized spacial score (nSPS) is 20.4. The van der Waals surface area contributed by atoms with Crippen LogP contribution in [0.1, 0.15) is 50.5 Å². The molecule has 3 rings (SSSR count). The third kappa shape index (κ3) is 5.14. The van der Waals surface area contributed by atoms with E-state index < -0.39 is 11.6 Å². The van der Waals surface area contributed by atoms with Gasteiger partial charge in [-0.2, -0.15) is 0 Å². The number of carbonyl (C=O) groups is 1. The highest BCUT2D eigenvalue weighted by Crippen LogP contribution is 2.19. The van der Waals surface area contributed by atoms with Crippen LogP contribution in [0.5, 0.6) is 0 Å². The summed E-state index contributed by atoms with van der Waals surface area (Å²) in [7, 11) is 0. The zero-order valence-corrected chi connectivity index (χ0v) is 14.6. The molecule has 1 aromatic carbocycles. The van der Waals surface area contributed by atoms with Gasteiger partial charge >= 0.3 is 6.03 Å². The average molecular weight is 351 g/mol. The topological polar surface area (TPSA) is 44.4 Å². The summed E-state index contributed by atoms with van der Waals surface area (Å²) < 4.78 is 27.0.